The van der Waals surface area contributed by atoms with Crippen molar-refractivity contribution in [2.45, 2.75) is 6.04 Å². The Morgan fingerprint density at radius 3 is 2.41 bits per heavy atom. The van der Waals surface area contributed by atoms with Gasteiger partial charge in [0.25, 0.3) is 0 Å². The fourth-order valence-corrected chi connectivity index (χ4v) is 3.44. The Bertz CT molecular complexity index is 1090. The van der Waals surface area contributed by atoms with Gasteiger partial charge in [0.1, 0.15) is 23.4 Å². The molecule has 0 aliphatic carbocycles. The fraction of sp³-hybridized carbons (Fsp3) is 0.0909. The molecule has 1 aliphatic heterocycles. The summed E-state index contributed by atoms with van der Waals surface area (Å²) in [6.07, 6.45) is 0. The van der Waals surface area contributed by atoms with Crippen molar-refractivity contribution in [2.75, 3.05) is 0 Å². The van der Waals surface area contributed by atoms with E-state index in [0.717, 1.165) is 0 Å². The Kier molecular flexibility index (Phi) is 4.94. The summed E-state index contributed by atoms with van der Waals surface area (Å²) in [5.41, 5.74) is 1.39. The van der Waals surface area contributed by atoms with E-state index in [4.69, 9.17) is 16.0 Å². The molecule has 1 saturated heterocycles. The SMILES string of the molecule is C=C1NC(=O)N[C@H](c2ccc(-c3ccc(F)cc3)o2)[C@@H]1C(=O)c1ccc(Cl)cc1. The first kappa shape index (κ1) is 19.0. The molecule has 0 bridgehead atoms. The average Bonchev–Trinajstić information content (AvgIpc) is 3.18. The molecule has 0 unspecified atom stereocenters. The number of Topliss-reactive ketones (excluding diaryl/α,β-unsaturated/α-hetero) is 1. The third-order valence-corrected chi connectivity index (χ3v) is 4.99. The van der Waals surface area contributed by atoms with Gasteiger partial charge in [-0.2, -0.15) is 0 Å². The Balaban J connectivity index is 1.68. The maximum Gasteiger partial charge on any atom is 0.319 e. The predicted octanol–water partition coefficient (Wildman–Crippen LogP) is 5.11. The summed E-state index contributed by atoms with van der Waals surface area (Å²) in [4.78, 5) is 25.2. The lowest BCUT2D eigenvalue weighted by Gasteiger charge is -2.32. The van der Waals surface area contributed by atoms with Crippen LogP contribution in [0.1, 0.15) is 22.2 Å². The first-order valence-electron chi connectivity index (χ1n) is 8.84. The monoisotopic (exact) mass is 410 g/mol. The van der Waals surface area contributed by atoms with Crippen molar-refractivity contribution in [3.63, 3.8) is 0 Å². The van der Waals surface area contributed by atoms with Crippen LogP contribution in [-0.2, 0) is 0 Å². The van der Waals surface area contributed by atoms with E-state index in [0.29, 0.717) is 27.7 Å². The summed E-state index contributed by atoms with van der Waals surface area (Å²) in [6, 6.07) is 14.5. The zero-order valence-electron chi connectivity index (χ0n) is 15.1. The van der Waals surface area contributed by atoms with Crippen LogP contribution in [0.2, 0.25) is 5.02 Å². The van der Waals surface area contributed by atoms with Crippen molar-refractivity contribution < 1.29 is 18.4 Å². The summed E-state index contributed by atoms with van der Waals surface area (Å²) in [7, 11) is 0. The van der Waals surface area contributed by atoms with Crippen LogP contribution in [0, 0.1) is 11.7 Å². The molecule has 29 heavy (non-hydrogen) atoms. The van der Waals surface area contributed by atoms with Crippen LogP contribution in [0.4, 0.5) is 9.18 Å². The molecule has 1 aliphatic rings. The van der Waals surface area contributed by atoms with E-state index in [1.807, 2.05) is 0 Å². The van der Waals surface area contributed by atoms with Crippen molar-refractivity contribution in [3.8, 4) is 11.3 Å². The third kappa shape index (κ3) is 3.79. The molecule has 2 amide bonds. The van der Waals surface area contributed by atoms with Crippen molar-refractivity contribution in [2.24, 2.45) is 5.92 Å². The zero-order valence-corrected chi connectivity index (χ0v) is 15.9. The largest absolute Gasteiger partial charge is 0.459 e. The van der Waals surface area contributed by atoms with Gasteiger partial charge in [0.05, 0.1) is 5.92 Å². The lowest BCUT2D eigenvalue weighted by Crippen LogP contribution is -2.50. The second-order valence-corrected chi connectivity index (χ2v) is 7.10. The molecule has 7 heteroatoms. The minimum absolute atomic E-state index is 0.233. The first-order valence-corrected chi connectivity index (χ1v) is 9.22. The van der Waals surface area contributed by atoms with E-state index in [1.54, 1.807) is 48.5 Å². The van der Waals surface area contributed by atoms with Crippen LogP contribution >= 0.6 is 11.6 Å². The summed E-state index contributed by atoms with van der Waals surface area (Å²) < 4.78 is 19.1. The number of carbonyl (C=O) groups is 2. The summed E-state index contributed by atoms with van der Waals surface area (Å²) in [6.45, 7) is 3.86. The molecule has 5 nitrogen and oxygen atoms in total. The molecule has 1 aromatic heterocycles. The normalized spacial score (nSPS) is 18.8. The molecule has 2 atom stereocenters. The Morgan fingerprint density at radius 1 is 1.03 bits per heavy atom. The molecule has 2 heterocycles. The summed E-state index contributed by atoms with van der Waals surface area (Å²) in [5, 5.41) is 5.81. The molecule has 2 aromatic carbocycles. The standard InChI is InChI=1S/C22H16ClFN2O3/c1-12-19(21(27)14-2-6-15(23)7-3-14)20(26-22(28)25-12)18-11-10-17(29-18)13-4-8-16(24)9-5-13/h2-11,19-20H,1H2,(H2,25,26,28)/t19-,20-/m1/s1. The van der Waals surface area contributed by atoms with E-state index >= 15 is 0 Å². The van der Waals surface area contributed by atoms with Crippen molar-refractivity contribution in [3.05, 3.63) is 95.1 Å². The average molecular weight is 411 g/mol. The number of furan rings is 1. The van der Waals surface area contributed by atoms with Crippen LogP contribution in [0.15, 0.2) is 77.4 Å². The minimum atomic E-state index is -0.777. The Morgan fingerprint density at radius 2 is 1.72 bits per heavy atom. The Labute approximate surface area is 171 Å². The summed E-state index contributed by atoms with van der Waals surface area (Å²) in [5.74, 6) is -0.468. The maximum atomic E-state index is 13.2. The lowest BCUT2D eigenvalue weighted by atomic mass is 9.85. The lowest BCUT2D eigenvalue weighted by molar-refractivity contribution is 0.0897. The van der Waals surface area contributed by atoms with Crippen LogP contribution in [0.3, 0.4) is 0 Å². The number of halogens is 2. The summed E-state index contributed by atoms with van der Waals surface area (Å²) >= 11 is 5.91. The Hall–Kier alpha value is -3.38. The van der Waals surface area contributed by atoms with E-state index in [2.05, 4.69) is 17.2 Å². The number of nitrogens with one attached hydrogen (secondary N) is 2. The van der Waals surface area contributed by atoms with Crippen LogP contribution in [-0.4, -0.2) is 11.8 Å². The van der Waals surface area contributed by atoms with E-state index in [9.17, 15) is 14.0 Å². The molecule has 0 spiro atoms. The molecule has 3 aromatic rings. The number of benzene rings is 2. The second-order valence-electron chi connectivity index (χ2n) is 6.66. The maximum absolute atomic E-state index is 13.2. The number of hydrogen-bond donors (Lipinski definition) is 2. The minimum Gasteiger partial charge on any atom is -0.459 e. The topological polar surface area (TPSA) is 71.3 Å². The van der Waals surface area contributed by atoms with Crippen molar-refractivity contribution >= 4 is 23.4 Å². The highest BCUT2D eigenvalue weighted by Gasteiger charge is 2.39. The van der Waals surface area contributed by atoms with Gasteiger partial charge in [0.2, 0.25) is 0 Å². The van der Waals surface area contributed by atoms with Crippen molar-refractivity contribution in [1.29, 1.82) is 0 Å². The van der Waals surface area contributed by atoms with Gasteiger partial charge in [-0.1, -0.05) is 18.2 Å². The zero-order chi connectivity index (χ0) is 20.5. The van der Waals surface area contributed by atoms with Gasteiger partial charge in [-0.15, -0.1) is 0 Å². The molecule has 1 fully saturated rings. The third-order valence-electron chi connectivity index (χ3n) is 4.74. The van der Waals surface area contributed by atoms with Crippen molar-refractivity contribution in [1.82, 2.24) is 10.6 Å². The van der Waals surface area contributed by atoms with Crippen LogP contribution < -0.4 is 10.6 Å². The van der Waals surface area contributed by atoms with Gasteiger partial charge < -0.3 is 15.1 Å². The highest BCUT2D eigenvalue weighted by molar-refractivity contribution is 6.30. The van der Waals surface area contributed by atoms with E-state index in [1.165, 1.54) is 12.1 Å². The highest BCUT2D eigenvalue weighted by atomic mass is 35.5. The van der Waals surface area contributed by atoms with Gasteiger partial charge in [0, 0.05) is 21.8 Å². The quantitative estimate of drug-likeness (QED) is 0.587. The van der Waals surface area contributed by atoms with Gasteiger partial charge in [-0.3, -0.25) is 4.79 Å². The van der Waals surface area contributed by atoms with Gasteiger partial charge >= 0.3 is 6.03 Å². The van der Waals surface area contributed by atoms with Gasteiger partial charge in [-0.05, 0) is 60.7 Å². The highest BCUT2D eigenvalue weighted by Crippen LogP contribution is 2.35. The smallest absolute Gasteiger partial charge is 0.319 e. The molecular formula is C22H16ClFN2O3. The van der Waals surface area contributed by atoms with Crippen LogP contribution in [0.5, 0.6) is 0 Å². The van der Waals surface area contributed by atoms with Gasteiger partial charge in [0.15, 0.2) is 5.78 Å². The molecular weight excluding hydrogens is 395 g/mol. The molecule has 0 radical (unpaired) electrons. The number of urea groups is 1. The number of ketones is 1. The number of rotatable bonds is 4. The fourth-order valence-electron chi connectivity index (χ4n) is 3.31. The van der Waals surface area contributed by atoms with E-state index < -0.39 is 18.0 Å². The van der Waals surface area contributed by atoms with Gasteiger partial charge in [-0.25, -0.2) is 9.18 Å². The second kappa shape index (κ2) is 7.56. The van der Waals surface area contributed by atoms with E-state index in [-0.39, 0.29) is 17.3 Å². The molecule has 146 valence electrons. The van der Waals surface area contributed by atoms with Crippen LogP contribution in [0.25, 0.3) is 11.3 Å². The number of hydrogen-bond acceptors (Lipinski definition) is 3. The number of amides is 2. The first-order chi connectivity index (χ1) is 13.9. The molecule has 0 saturated carbocycles. The number of carbonyl (C=O) groups excluding carboxylic acids is 2. The molecule has 2 N–H and O–H groups in total. The molecule has 4 rings (SSSR count). The predicted molar refractivity (Wildman–Crippen MR) is 107 cm³/mol.